The average Bonchev–Trinajstić information content (AvgIpc) is 1.38. The van der Waals surface area contributed by atoms with Gasteiger partial charge in [-0.3, -0.25) is 4.79 Å². The Labute approximate surface area is 89.8 Å². The number of hydrogen-bond donors (Lipinski definition) is 2. The number of carboxylic acids is 1. The number of carboxylic acid groups (broad SMARTS) is 1. The second-order valence-electron chi connectivity index (χ2n) is 0.598. The van der Waals surface area contributed by atoms with Crippen LogP contribution in [0.4, 0.5) is 0 Å². The Balaban J connectivity index is -0.0000000267. The molecule has 0 fully saturated rings. The molecule has 0 bridgehead atoms. The van der Waals surface area contributed by atoms with E-state index in [1.807, 2.05) is 0 Å². The molecule has 0 spiro atoms. The standard InChI is InChI=1S/C2H5NO2.Ca.2ClH/c3-1-2(4)5;;;/h1,3H2,(H,4,5);;2*1H/q;+2;;/p-2. The third kappa shape index (κ3) is 26.7. The van der Waals surface area contributed by atoms with Crippen LogP contribution < -0.4 is 30.5 Å². The first kappa shape index (κ1) is 22.8. The van der Waals surface area contributed by atoms with Crippen LogP contribution in [0.1, 0.15) is 0 Å². The molecule has 0 heterocycles. The SMILES string of the molecule is NCC(=O)O.[Ca+2].[Cl-].[Cl-]. The van der Waals surface area contributed by atoms with E-state index in [-0.39, 0.29) is 69.1 Å². The topological polar surface area (TPSA) is 63.3 Å². The molecule has 0 radical (unpaired) electrons. The number of halogens is 2. The summed E-state index contributed by atoms with van der Waals surface area (Å²) < 4.78 is 0. The van der Waals surface area contributed by atoms with Crippen molar-refractivity contribution >= 4 is 43.7 Å². The number of carbonyl (C=O) groups is 1. The molecule has 0 aromatic rings. The van der Waals surface area contributed by atoms with Gasteiger partial charge < -0.3 is 35.7 Å². The molecule has 3 nitrogen and oxygen atoms in total. The van der Waals surface area contributed by atoms with E-state index in [0.717, 1.165) is 0 Å². The summed E-state index contributed by atoms with van der Waals surface area (Å²) >= 11 is 0. The van der Waals surface area contributed by atoms with E-state index in [0.29, 0.717) is 0 Å². The molecule has 46 valence electrons. The van der Waals surface area contributed by atoms with Gasteiger partial charge in [0, 0.05) is 0 Å². The maximum atomic E-state index is 9.24. The fraction of sp³-hybridized carbons (Fsp3) is 0.500. The predicted octanol–water partition coefficient (Wildman–Crippen LogP) is -7.34. The number of rotatable bonds is 1. The quantitative estimate of drug-likeness (QED) is 0.400. The molecule has 0 aliphatic heterocycles. The summed E-state index contributed by atoms with van der Waals surface area (Å²) in [5.41, 5.74) is 4.57. The van der Waals surface area contributed by atoms with E-state index in [9.17, 15) is 4.79 Å². The summed E-state index contributed by atoms with van der Waals surface area (Å²) in [6, 6.07) is 0. The predicted molar refractivity (Wildman–Crippen MR) is 22.4 cm³/mol. The molecule has 6 heteroatoms. The zero-order chi connectivity index (χ0) is 4.28. The molecule has 0 amide bonds. The largest absolute Gasteiger partial charge is 2.00 e. The van der Waals surface area contributed by atoms with Gasteiger partial charge in [-0.1, -0.05) is 0 Å². The Kier molecular flexibility index (Phi) is 44.9. The first-order chi connectivity index (χ1) is 2.27. The van der Waals surface area contributed by atoms with E-state index in [1.54, 1.807) is 0 Å². The van der Waals surface area contributed by atoms with Gasteiger partial charge in [0.25, 0.3) is 0 Å². The zero-order valence-corrected chi connectivity index (χ0v) is 7.82. The van der Waals surface area contributed by atoms with Crippen LogP contribution in [0, 0.1) is 0 Å². The van der Waals surface area contributed by atoms with Gasteiger partial charge >= 0.3 is 43.7 Å². The van der Waals surface area contributed by atoms with Gasteiger partial charge in [0.2, 0.25) is 0 Å². The van der Waals surface area contributed by atoms with E-state index in [1.165, 1.54) is 0 Å². The molecular weight excluding hydrogens is 181 g/mol. The molecule has 3 N–H and O–H groups in total. The third-order valence-corrected chi connectivity index (χ3v) is 0.175. The molecule has 8 heavy (non-hydrogen) atoms. The van der Waals surface area contributed by atoms with Crippen molar-refractivity contribution in [2.45, 2.75) is 0 Å². The first-order valence-electron chi connectivity index (χ1n) is 1.19. The Morgan fingerprint density at radius 2 is 1.62 bits per heavy atom. The van der Waals surface area contributed by atoms with Crippen molar-refractivity contribution in [3.8, 4) is 0 Å². The smallest absolute Gasteiger partial charge is 1.00 e. The number of hydrogen-bond acceptors (Lipinski definition) is 2. The Morgan fingerprint density at radius 1 is 1.50 bits per heavy atom. The summed E-state index contributed by atoms with van der Waals surface area (Å²) in [6.07, 6.45) is 0. The summed E-state index contributed by atoms with van der Waals surface area (Å²) in [7, 11) is 0. The minimum Gasteiger partial charge on any atom is -1.00 e. The van der Waals surface area contributed by atoms with Gasteiger partial charge in [0.15, 0.2) is 0 Å². The Hall–Kier alpha value is 1.27. The van der Waals surface area contributed by atoms with Gasteiger partial charge in [-0.05, 0) is 0 Å². The van der Waals surface area contributed by atoms with Crippen molar-refractivity contribution in [3.63, 3.8) is 0 Å². The molecule has 0 aliphatic carbocycles. The van der Waals surface area contributed by atoms with Crippen LogP contribution in [0.5, 0.6) is 0 Å². The van der Waals surface area contributed by atoms with E-state index in [4.69, 9.17) is 5.11 Å². The molecule has 0 rings (SSSR count). The second-order valence-corrected chi connectivity index (χ2v) is 0.598. The van der Waals surface area contributed by atoms with E-state index < -0.39 is 5.97 Å². The first-order valence-corrected chi connectivity index (χ1v) is 1.19. The molecule has 0 saturated heterocycles. The van der Waals surface area contributed by atoms with Gasteiger partial charge in [-0.2, -0.15) is 0 Å². The van der Waals surface area contributed by atoms with E-state index in [2.05, 4.69) is 5.73 Å². The van der Waals surface area contributed by atoms with Crippen molar-refractivity contribution in [1.29, 1.82) is 0 Å². The minimum absolute atomic E-state index is 0. The maximum absolute atomic E-state index is 9.24. The van der Waals surface area contributed by atoms with Crippen LogP contribution in [0.25, 0.3) is 0 Å². The van der Waals surface area contributed by atoms with Crippen LogP contribution in [0.3, 0.4) is 0 Å². The molecule has 0 aromatic carbocycles. The molecule has 0 saturated carbocycles. The van der Waals surface area contributed by atoms with Crippen molar-refractivity contribution < 1.29 is 34.7 Å². The summed E-state index contributed by atoms with van der Waals surface area (Å²) in [5.74, 6) is -0.968. The van der Waals surface area contributed by atoms with E-state index >= 15 is 0 Å². The molecule has 0 aliphatic rings. The normalized spacial score (nSPS) is 4.62. The Bertz CT molecular complexity index is 53.3. The zero-order valence-electron chi connectivity index (χ0n) is 4.10. The number of nitrogens with two attached hydrogens (primary N) is 1. The average molecular weight is 186 g/mol. The van der Waals surface area contributed by atoms with Gasteiger partial charge in [-0.15, -0.1) is 0 Å². The van der Waals surface area contributed by atoms with Gasteiger partial charge in [0.05, 0.1) is 6.54 Å². The van der Waals surface area contributed by atoms with Crippen LogP contribution in [-0.2, 0) is 4.79 Å². The van der Waals surface area contributed by atoms with Crippen LogP contribution in [0.15, 0.2) is 0 Å². The fourth-order valence-electron chi connectivity index (χ4n) is 0. The van der Waals surface area contributed by atoms with Gasteiger partial charge in [-0.25, -0.2) is 0 Å². The molecule has 0 atom stereocenters. The van der Waals surface area contributed by atoms with Crippen molar-refractivity contribution in [2.75, 3.05) is 6.54 Å². The molecule has 0 aromatic heterocycles. The maximum Gasteiger partial charge on any atom is 2.00 e. The number of aliphatic carboxylic acids is 1. The van der Waals surface area contributed by atoms with Crippen molar-refractivity contribution in [3.05, 3.63) is 0 Å². The summed E-state index contributed by atoms with van der Waals surface area (Å²) in [6.45, 7) is -0.278. The third-order valence-electron chi connectivity index (χ3n) is 0.175. The molecule has 0 unspecified atom stereocenters. The van der Waals surface area contributed by atoms with Crippen LogP contribution in [-0.4, -0.2) is 55.4 Å². The van der Waals surface area contributed by atoms with Crippen LogP contribution >= 0.6 is 0 Å². The van der Waals surface area contributed by atoms with Crippen LogP contribution in [0.2, 0.25) is 0 Å². The summed E-state index contributed by atoms with van der Waals surface area (Å²) in [4.78, 5) is 9.24. The minimum atomic E-state index is -0.968. The summed E-state index contributed by atoms with van der Waals surface area (Å²) in [5, 5.41) is 7.60. The monoisotopic (exact) mass is 185 g/mol. The second kappa shape index (κ2) is 15.7. The Morgan fingerprint density at radius 3 is 1.62 bits per heavy atom. The fourth-order valence-corrected chi connectivity index (χ4v) is 0. The van der Waals surface area contributed by atoms with Crippen molar-refractivity contribution in [1.82, 2.24) is 0 Å². The molecular formula is C2H5CaCl2NO2. The van der Waals surface area contributed by atoms with Gasteiger partial charge in [0.1, 0.15) is 0 Å². The van der Waals surface area contributed by atoms with Crippen molar-refractivity contribution in [2.24, 2.45) is 5.73 Å².